The number of hydrogen-bond acceptors (Lipinski definition) is 2. The molecule has 2 rings (SSSR count). The first-order chi connectivity index (χ1) is 9.25. The molecule has 0 amide bonds. The van der Waals surface area contributed by atoms with Crippen molar-refractivity contribution >= 4 is 23.2 Å². The average molecular weight is 311 g/mol. The molecule has 0 aromatic heterocycles. The van der Waals surface area contributed by atoms with Crippen LogP contribution >= 0.6 is 23.2 Å². The van der Waals surface area contributed by atoms with Gasteiger partial charge >= 0.3 is 0 Å². The SMILES string of the molecule is CC(O)(c1cccc(Cl)c1)C(C)(O)c1cccc(Cl)c1. The van der Waals surface area contributed by atoms with Crippen molar-refractivity contribution in [2.45, 2.75) is 25.0 Å². The zero-order valence-corrected chi connectivity index (χ0v) is 12.8. The summed E-state index contributed by atoms with van der Waals surface area (Å²) in [5.41, 5.74) is -1.95. The zero-order valence-electron chi connectivity index (χ0n) is 11.3. The Labute approximate surface area is 128 Å². The number of benzene rings is 2. The van der Waals surface area contributed by atoms with E-state index in [-0.39, 0.29) is 0 Å². The minimum absolute atomic E-state index is 0.504. The molecule has 2 N–H and O–H groups in total. The maximum atomic E-state index is 10.8. The number of halogens is 2. The van der Waals surface area contributed by atoms with Crippen molar-refractivity contribution in [1.82, 2.24) is 0 Å². The molecule has 0 aliphatic heterocycles. The maximum absolute atomic E-state index is 10.8. The molecule has 4 heteroatoms. The molecule has 0 saturated carbocycles. The highest BCUT2D eigenvalue weighted by Gasteiger charge is 2.44. The van der Waals surface area contributed by atoms with E-state index in [0.29, 0.717) is 21.2 Å². The van der Waals surface area contributed by atoms with Crippen molar-refractivity contribution in [2.24, 2.45) is 0 Å². The predicted octanol–water partition coefficient (Wildman–Crippen LogP) is 4.11. The molecular formula is C16H16Cl2O2. The summed E-state index contributed by atoms with van der Waals surface area (Å²) >= 11 is 11.9. The van der Waals surface area contributed by atoms with E-state index in [4.69, 9.17) is 23.2 Å². The first kappa shape index (κ1) is 15.3. The van der Waals surface area contributed by atoms with Crippen LogP contribution in [0.5, 0.6) is 0 Å². The number of rotatable bonds is 3. The zero-order chi connectivity index (χ0) is 15.0. The van der Waals surface area contributed by atoms with Gasteiger partial charge in [0.15, 0.2) is 0 Å². The van der Waals surface area contributed by atoms with Crippen LogP contribution in [-0.4, -0.2) is 10.2 Å². The molecule has 0 radical (unpaired) electrons. The summed E-state index contributed by atoms with van der Waals surface area (Å²) in [6.45, 7) is 3.11. The van der Waals surface area contributed by atoms with Gasteiger partial charge in [-0.25, -0.2) is 0 Å². The van der Waals surface area contributed by atoms with Crippen LogP contribution in [-0.2, 0) is 11.2 Å². The van der Waals surface area contributed by atoms with Crippen molar-refractivity contribution < 1.29 is 10.2 Å². The van der Waals surface area contributed by atoms with Crippen molar-refractivity contribution in [2.75, 3.05) is 0 Å². The highest BCUT2D eigenvalue weighted by Crippen LogP contribution is 2.41. The molecular weight excluding hydrogens is 295 g/mol. The fraction of sp³-hybridized carbons (Fsp3) is 0.250. The van der Waals surface area contributed by atoms with Gasteiger partial charge in [0.05, 0.1) is 0 Å². The fourth-order valence-electron chi connectivity index (χ4n) is 2.14. The first-order valence-electron chi connectivity index (χ1n) is 6.22. The minimum Gasteiger partial charge on any atom is -0.382 e. The van der Waals surface area contributed by atoms with Gasteiger partial charge in [-0.2, -0.15) is 0 Å². The van der Waals surface area contributed by atoms with Crippen molar-refractivity contribution in [3.8, 4) is 0 Å². The third-order valence-electron chi connectivity index (χ3n) is 3.72. The second-order valence-electron chi connectivity index (χ2n) is 5.17. The standard InChI is InChI=1S/C16H16Cl2O2/c1-15(19,11-5-3-7-13(17)9-11)16(2,20)12-6-4-8-14(18)10-12/h3-10,19-20H,1-2H3. The lowest BCUT2D eigenvalue weighted by molar-refractivity contribution is -0.143. The van der Waals surface area contributed by atoms with Gasteiger partial charge in [-0.1, -0.05) is 47.5 Å². The van der Waals surface area contributed by atoms with Crippen LogP contribution in [0.4, 0.5) is 0 Å². The van der Waals surface area contributed by atoms with Gasteiger partial charge in [0, 0.05) is 10.0 Å². The lowest BCUT2D eigenvalue weighted by atomic mass is 9.76. The van der Waals surface area contributed by atoms with E-state index >= 15 is 0 Å². The number of aliphatic hydroxyl groups is 2. The predicted molar refractivity (Wildman–Crippen MR) is 82.0 cm³/mol. The Balaban J connectivity index is 2.51. The third kappa shape index (κ3) is 2.70. The highest BCUT2D eigenvalue weighted by atomic mass is 35.5. The molecule has 0 spiro atoms. The monoisotopic (exact) mass is 310 g/mol. The molecule has 0 bridgehead atoms. The molecule has 2 aromatic carbocycles. The van der Waals surface area contributed by atoms with E-state index in [9.17, 15) is 10.2 Å². The molecule has 106 valence electrons. The van der Waals surface area contributed by atoms with Crippen LogP contribution < -0.4 is 0 Å². The van der Waals surface area contributed by atoms with E-state index in [1.54, 1.807) is 62.4 Å². The second-order valence-corrected chi connectivity index (χ2v) is 6.04. The summed E-state index contributed by atoms with van der Waals surface area (Å²) in [6, 6.07) is 13.6. The Morgan fingerprint density at radius 1 is 0.750 bits per heavy atom. The Morgan fingerprint density at radius 3 is 1.40 bits per heavy atom. The largest absolute Gasteiger partial charge is 0.382 e. The summed E-state index contributed by atoms with van der Waals surface area (Å²) in [7, 11) is 0. The molecule has 0 fully saturated rings. The van der Waals surface area contributed by atoms with E-state index in [1.807, 2.05) is 0 Å². The van der Waals surface area contributed by atoms with Gasteiger partial charge in [-0.3, -0.25) is 0 Å². The topological polar surface area (TPSA) is 40.5 Å². The summed E-state index contributed by atoms with van der Waals surface area (Å²) in [4.78, 5) is 0. The Bertz CT molecular complexity index is 566. The van der Waals surface area contributed by atoms with Crippen LogP contribution in [0.1, 0.15) is 25.0 Å². The lowest BCUT2D eigenvalue weighted by Crippen LogP contribution is -2.45. The molecule has 2 unspecified atom stereocenters. The van der Waals surface area contributed by atoms with Crippen LogP contribution in [0, 0.1) is 0 Å². The van der Waals surface area contributed by atoms with Crippen LogP contribution in [0.15, 0.2) is 48.5 Å². The van der Waals surface area contributed by atoms with E-state index in [0.717, 1.165) is 0 Å². The van der Waals surface area contributed by atoms with Crippen LogP contribution in [0.2, 0.25) is 10.0 Å². The van der Waals surface area contributed by atoms with Crippen molar-refractivity contribution in [3.63, 3.8) is 0 Å². The minimum atomic E-state index is -1.51. The van der Waals surface area contributed by atoms with Gasteiger partial charge < -0.3 is 10.2 Å². The molecule has 0 aliphatic carbocycles. The number of hydrogen-bond donors (Lipinski definition) is 2. The molecule has 2 nitrogen and oxygen atoms in total. The first-order valence-corrected chi connectivity index (χ1v) is 6.97. The Kier molecular flexibility index (Phi) is 4.12. The van der Waals surface area contributed by atoms with E-state index in [2.05, 4.69) is 0 Å². The average Bonchev–Trinajstić information content (AvgIpc) is 2.38. The molecule has 0 heterocycles. The van der Waals surface area contributed by atoms with Gasteiger partial charge in [0.25, 0.3) is 0 Å². The quantitative estimate of drug-likeness (QED) is 0.895. The van der Waals surface area contributed by atoms with Gasteiger partial charge in [0.2, 0.25) is 0 Å². The molecule has 0 saturated heterocycles. The second kappa shape index (κ2) is 5.38. The van der Waals surface area contributed by atoms with E-state index in [1.165, 1.54) is 0 Å². The Hall–Kier alpha value is -1.06. The smallest absolute Gasteiger partial charge is 0.119 e. The van der Waals surface area contributed by atoms with Gasteiger partial charge in [0.1, 0.15) is 11.2 Å². The normalized spacial score (nSPS) is 17.3. The maximum Gasteiger partial charge on any atom is 0.119 e. The molecule has 2 aromatic rings. The van der Waals surface area contributed by atoms with Crippen LogP contribution in [0.25, 0.3) is 0 Å². The molecule has 20 heavy (non-hydrogen) atoms. The van der Waals surface area contributed by atoms with Crippen LogP contribution in [0.3, 0.4) is 0 Å². The van der Waals surface area contributed by atoms with Crippen molar-refractivity contribution in [1.29, 1.82) is 0 Å². The summed E-state index contributed by atoms with van der Waals surface area (Å²) < 4.78 is 0. The Morgan fingerprint density at radius 2 is 1.10 bits per heavy atom. The fourth-order valence-corrected chi connectivity index (χ4v) is 2.53. The highest BCUT2D eigenvalue weighted by molar-refractivity contribution is 6.30. The molecule has 0 aliphatic rings. The summed E-state index contributed by atoms with van der Waals surface area (Å²) in [6.07, 6.45) is 0. The lowest BCUT2D eigenvalue weighted by Gasteiger charge is -2.39. The summed E-state index contributed by atoms with van der Waals surface area (Å²) in [5.74, 6) is 0. The third-order valence-corrected chi connectivity index (χ3v) is 4.19. The molecule has 2 atom stereocenters. The summed E-state index contributed by atoms with van der Waals surface area (Å²) in [5, 5.41) is 22.7. The van der Waals surface area contributed by atoms with E-state index < -0.39 is 11.2 Å². The van der Waals surface area contributed by atoms with Gasteiger partial charge in [-0.05, 0) is 49.2 Å². The van der Waals surface area contributed by atoms with Gasteiger partial charge in [-0.15, -0.1) is 0 Å². The van der Waals surface area contributed by atoms with Crippen molar-refractivity contribution in [3.05, 3.63) is 69.7 Å².